The lowest BCUT2D eigenvalue weighted by Gasteiger charge is -2.18. The minimum Gasteiger partial charge on any atom is -0.361 e. The summed E-state index contributed by atoms with van der Waals surface area (Å²) in [6, 6.07) is 9.71. The molecule has 1 aromatic carbocycles. The molecular weight excluding hydrogens is 330 g/mol. The van der Waals surface area contributed by atoms with Crippen LogP contribution < -0.4 is 5.32 Å². The topological polar surface area (TPSA) is 76.2 Å². The number of rotatable bonds is 4. The molecule has 0 aliphatic heterocycles. The quantitative estimate of drug-likeness (QED) is 0.776. The second-order valence-electron chi connectivity index (χ2n) is 6.40. The average molecular weight is 353 g/mol. The number of benzene rings is 1. The second-order valence-corrected chi connectivity index (χ2v) is 6.40. The van der Waals surface area contributed by atoms with E-state index in [-0.39, 0.29) is 6.03 Å². The van der Waals surface area contributed by atoms with Crippen LogP contribution in [0.1, 0.15) is 22.6 Å². The largest absolute Gasteiger partial charge is 0.361 e. The number of carbonyl (C=O) groups is 1. The summed E-state index contributed by atoms with van der Waals surface area (Å²) in [5.74, 6) is 1.41. The van der Waals surface area contributed by atoms with Gasteiger partial charge in [0.25, 0.3) is 0 Å². The van der Waals surface area contributed by atoms with Crippen molar-refractivity contribution in [3.8, 4) is 11.3 Å². The van der Waals surface area contributed by atoms with Crippen LogP contribution >= 0.6 is 0 Å². The molecule has 0 aliphatic rings. The summed E-state index contributed by atoms with van der Waals surface area (Å²) in [4.78, 5) is 14.2. The third-order valence-electron chi connectivity index (χ3n) is 4.48. The predicted molar refractivity (Wildman–Crippen MR) is 99.8 cm³/mol. The molecule has 3 aromatic rings. The van der Waals surface area contributed by atoms with Gasteiger partial charge in [-0.3, -0.25) is 10.00 Å². The number of hydrogen-bond donors (Lipinski definition) is 1. The van der Waals surface area contributed by atoms with Crippen molar-refractivity contribution in [3.05, 3.63) is 52.9 Å². The molecule has 0 unspecified atom stereocenters. The standard InChI is InChI=1S/C19H23N5O2/c1-12-17(15-9-7-6-8-10-15)21-24(5)18(12)20-19(25)23(4)11-16-13(2)22-26-14(16)3/h6-10H,11H2,1-5H3,(H,20,25). The fraction of sp³-hybridized carbons (Fsp3) is 0.316. The lowest BCUT2D eigenvalue weighted by Crippen LogP contribution is -2.32. The lowest BCUT2D eigenvalue weighted by atomic mass is 10.1. The molecule has 0 saturated carbocycles. The van der Waals surface area contributed by atoms with Crippen LogP contribution in [-0.2, 0) is 13.6 Å². The maximum Gasteiger partial charge on any atom is 0.323 e. The van der Waals surface area contributed by atoms with Crippen LogP contribution in [0.5, 0.6) is 0 Å². The van der Waals surface area contributed by atoms with Gasteiger partial charge in [-0.05, 0) is 20.8 Å². The Morgan fingerprint density at radius 1 is 1.23 bits per heavy atom. The third kappa shape index (κ3) is 3.33. The monoisotopic (exact) mass is 353 g/mol. The van der Waals surface area contributed by atoms with Gasteiger partial charge in [-0.25, -0.2) is 4.79 Å². The molecule has 0 bridgehead atoms. The van der Waals surface area contributed by atoms with Gasteiger partial charge in [0.1, 0.15) is 11.6 Å². The van der Waals surface area contributed by atoms with E-state index in [0.717, 1.165) is 33.8 Å². The number of nitrogens with zero attached hydrogens (tertiary/aromatic N) is 4. The highest BCUT2D eigenvalue weighted by Gasteiger charge is 2.19. The van der Waals surface area contributed by atoms with E-state index < -0.39 is 0 Å². The van der Waals surface area contributed by atoms with Crippen LogP contribution in [-0.4, -0.2) is 32.9 Å². The zero-order valence-corrected chi connectivity index (χ0v) is 15.7. The number of aryl methyl sites for hydroxylation is 3. The van der Waals surface area contributed by atoms with Crippen LogP contribution in [0.15, 0.2) is 34.9 Å². The highest BCUT2D eigenvalue weighted by Crippen LogP contribution is 2.27. The van der Waals surface area contributed by atoms with E-state index in [1.54, 1.807) is 16.6 Å². The van der Waals surface area contributed by atoms with Gasteiger partial charge in [0.05, 0.1) is 17.9 Å². The molecule has 2 amide bonds. The predicted octanol–water partition coefficient (Wildman–Crippen LogP) is 3.66. The summed E-state index contributed by atoms with van der Waals surface area (Å²) >= 11 is 0. The zero-order chi connectivity index (χ0) is 18.8. The van der Waals surface area contributed by atoms with Crippen molar-refractivity contribution in [2.45, 2.75) is 27.3 Å². The lowest BCUT2D eigenvalue weighted by molar-refractivity contribution is 0.220. The van der Waals surface area contributed by atoms with Gasteiger partial charge in [-0.15, -0.1) is 0 Å². The van der Waals surface area contributed by atoms with E-state index in [1.165, 1.54) is 0 Å². The van der Waals surface area contributed by atoms with Crippen LogP contribution in [0.2, 0.25) is 0 Å². The van der Waals surface area contributed by atoms with Gasteiger partial charge >= 0.3 is 6.03 Å². The third-order valence-corrected chi connectivity index (χ3v) is 4.48. The molecule has 3 rings (SSSR count). The van der Waals surface area contributed by atoms with Crippen molar-refractivity contribution >= 4 is 11.8 Å². The maximum atomic E-state index is 12.6. The first-order valence-corrected chi connectivity index (χ1v) is 8.41. The van der Waals surface area contributed by atoms with Crippen LogP contribution in [0, 0.1) is 20.8 Å². The van der Waals surface area contributed by atoms with Crippen molar-refractivity contribution in [1.82, 2.24) is 19.8 Å². The zero-order valence-electron chi connectivity index (χ0n) is 15.7. The Morgan fingerprint density at radius 3 is 2.54 bits per heavy atom. The van der Waals surface area contributed by atoms with Crippen LogP contribution in [0.4, 0.5) is 10.6 Å². The molecule has 0 aliphatic carbocycles. The summed E-state index contributed by atoms with van der Waals surface area (Å²) in [7, 11) is 3.56. The van der Waals surface area contributed by atoms with Crippen molar-refractivity contribution < 1.29 is 9.32 Å². The Balaban J connectivity index is 1.78. The van der Waals surface area contributed by atoms with Gasteiger partial charge in [0, 0.05) is 30.8 Å². The summed E-state index contributed by atoms with van der Waals surface area (Å²) in [5, 5.41) is 11.4. The summed E-state index contributed by atoms with van der Waals surface area (Å²) in [6.07, 6.45) is 0. The first-order chi connectivity index (χ1) is 12.4. The van der Waals surface area contributed by atoms with Crippen molar-refractivity contribution in [1.29, 1.82) is 0 Å². The second kappa shape index (κ2) is 7.03. The fourth-order valence-corrected chi connectivity index (χ4v) is 2.91. The molecule has 7 heteroatoms. The Labute approximate surface area is 152 Å². The van der Waals surface area contributed by atoms with Crippen LogP contribution in [0.25, 0.3) is 11.3 Å². The SMILES string of the molecule is Cc1noc(C)c1CN(C)C(=O)Nc1c(C)c(-c2ccccc2)nn1C. The highest BCUT2D eigenvalue weighted by molar-refractivity contribution is 5.90. The Hall–Kier alpha value is -3.09. The molecule has 2 heterocycles. The normalized spacial score (nSPS) is 10.8. The van der Waals surface area contributed by atoms with Gasteiger partial charge in [-0.2, -0.15) is 5.10 Å². The number of urea groups is 1. The van der Waals surface area contributed by atoms with Crippen molar-refractivity contribution in [2.24, 2.45) is 7.05 Å². The Morgan fingerprint density at radius 2 is 1.92 bits per heavy atom. The highest BCUT2D eigenvalue weighted by atomic mass is 16.5. The molecule has 2 aromatic heterocycles. The van der Waals surface area contributed by atoms with E-state index in [9.17, 15) is 4.79 Å². The van der Waals surface area contributed by atoms with Gasteiger partial charge < -0.3 is 9.42 Å². The van der Waals surface area contributed by atoms with E-state index in [4.69, 9.17) is 4.52 Å². The number of anilines is 1. The number of carbonyl (C=O) groups excluding carboxylic acids is 1. The van der Waals surface area contributed by atoms with Crippen molar-refractivity contribution in [2.75, 3.05) is 12.4 Å². The summed E-state index contributed by atoms with van der Waals surface area (Å²) < 4.78 is 6.86. The van der Waals surface area contributed by atoms with E-state index >= 15 is 0 Å². The van der Waals surface area contributed by atoms with Gasteiger partial charge in [0.2, 0.25) is 0 Å². The molecule has 0 fully saturated rings. The molecular formula is C19H23N5O2. The molecule has 136 valence electrons. The Kier molecular flexibility index (Phi) is 4.79. The van der Waals surface area contributed by atoms with E-state index in [0.29, 0.717) is 12.4 Å². The Bertz CT molecular complexity index is 908. The smallest absolute Gasteiger partial charge is 0.323 e. The van der Waals surface area contributed by atoms with E-state index in [2.05, 4.69) is 15.6 Å². The molecule has 26 heavy (non-hydrogen) atoms. The minimum atomic E-state index is -0.212. The first kappa shape index (κ1) is 17.7. The van der Waals surface area contributed by atoms with Crippen molar-refractivity contribution in [3.63, 3.8) is 0 Å². The van der Waals surface area contributed by atoms with E-state index in [1.807, 2.05) is 58.2 Å². The molecule has 7 nitrogen and oxygen atoms in total. The minimum absolute atomic E-state index is 0.212. The first-order valence-electron chi connectivity index (χ1n) is 8.41. The summed E-state index contributed by atoms with van der Waals surface area (Å²) in [5.41, 5.74) is 4.53. The number of amides is 2. The number of hydrogen-bond acceptors (Lipinski definition) is 4. The molecule has 0 radical (unpaired) electrons. The van der Waals surface area contributed by atoms with Gasteiger partial charge in [-0.1, -0.05) is 35.5 Å². The average Bonchev–Trinajstić information content (AvgIpc) is 3.09. The number of nitrogens with one attached hydrogen (secondary N) is 1. The maximum absolute atomic E-state index is 12.6. The van der Waals surface area contributed by atoms with Gasteiger partial charge in [0.15, 0.2) is 0 Å². The molecule has 0 spiro atoms. The number of aromatic nitrogens is 3. The summed E-state index contributed by atoms with van der Waals surface area (Å²) in [6.45, 7) is 6.10. The molecule has 0 saturated heterocycles. The fourth-order valence-electron chi connectivity index (χ4n) is 2.91. The molecule has 0 atom stereocenters. The van der Waals surface area contributed by atoms with Crippen LogP contribution in [0.3, 0.4) is 0 Å². The molecule has 1 N–H and O–H groups in total.